The molecular weight excluding hydrogens is 455 g/mol. The first kappa shape index (κ1) is 22.0. The van der Waals surface area contributed by atoms with Gasteiger partial charge in [0, 0.05) is 28.6 Å². The van der Waals surface area contributed by atoms with Crippen molar-refractivity contribution in [2.24, 2.45) is 0 Å². The van der Waals surface area contributed by atoms with E-state index in [1.54, 1.807) is 24.6 Å². The second kappa shape index (κ2) is 8.87. The van der Waals surface area contributed by atoms with Crippen LogP contribution in [0.5, 0.6) is 11.5 Å². The lowest BCUT2D eigenvalue weighted by atomic mass is 9.81. The summed E-state index contributed by atoms with van der Waals surface area (Å²) < 4.78 is 24.3. The normalized spacial score (nSPS) is 15.1. The minimum Gasteiger partial charge on any atom is -0.497 e. The van der Waals surface area contributed by atoms with Gasteiger partial charge in [0.1, 0.15) is 10.8 Å². The zero-order valence-electron chi connectivity index (χ0n) is 18.6. The number of carbonyl (C=O) groups excluding carboxylic acids is 1. The topological polar surface area (TPSA) is 81.3 Å². The van der Waals surface area contributed by atoms with Crippen molar-refractivity contribution in [2.75, 3.05) is 14.2 Å². The highest BCUT2D eigenvalue weighted by atomic mass is 32.1. The number of aromatic nitrogens is 2. The van der Waals surface area contributed by atoms with E-state index in [0.717, 1.165) is 11.3 Å². The van der Waals surface area contributed by atoms with Crippen LogP contribution in [0.3, 0.4) is 0 Å². The quantitative estimate of drug-likeness (QED) is 0.426. The molecule has 0 fully saturated rings. The van der Waals surface area contributed by atoms with Crippen LogP contribution in [0, 0.1) is 5.82 Å². The third-order valence-corrected chi connectivity index (χ3v) is 6.95. The number of hydrogen-bond acceptors (Lipinski definition) is 6. The fourth-order valence-electron chi connectivity index (χ4n) is 4.26. The summed E-state index contributed by atoms with van der Waals surface area (Å²) in [5, 5.41) is 2.23. The van der Waals surface area contributed by atoms with Crippen molar-refractivity contribution >= 4 is 17.1 Å². The molecule has 0 radical (unpaired) electrons. The van der Waals surface area contributed by atoms with E-state index in [4.69, 9.17) is 9.47 Å². The summed E-state index contributed by atoms with van der Waals surface area (Å²) in [6, 6.07) is 13.9. The summed E-state index contributed by atoms with van der Waals surface area (Å²) in [5.74, 6) is 0.386. The monoisotopic (exact) mass is 476 g/mol. The first-order chi connectivity index (χ1) is 16.5. The predicted molar refractivity (Wildman–Crippen MR) is 129 cm³/mol. The Hall–Kier alpha value is -3.78. The lowest BCUT2D eigenvalue weighted by Crippen LogP contribution is -2.24. The van der Waals surface area contributed by atoms with Gasteiger partial charge in [-0.05, 0) is 54.3 Å². The molecule has 1 aliphatic carbocycles. The number of nitrogens with zero attached hydrogens (tertiary/aromatic N) is 1. The number of nitrogens with one attached hydrogen (secondary N) is 1. The molecule has 0 amide bonds. The Labute approximate surface area is 199 Å². The summed E-state index contributed by atoms with van der Waals surface area (Å²) in [6.45, 7) is 0. The number of pyridine rings is 1. The Kier molecular flexibility index (Phi) is 5.75. The minimum atomic E-state index is -0.488. The van der Waals surface area contributed by atoms with Crippen LogP contribution in [0.25, 0.3) is 21.8 Å². The highest BCUT2D eigenvalue weighted by Crippen LogP contribution is 2.35. The zero-order valence-corrected chi connectivity index (χ0v) is 19.4. The Bertz CT molecular complexity index is 1440. The van der Waals surface area contributed by atoms with E-state index in [1.165, 1.54) is 30.6 Å². The molecule has 0 bridgehead atoms. The molecule has 8 heteroatoms. The fraction of sp³-hybridized carbons (Fsp3) is 0.192. The van der Waals surface area contributed by atoms with Crippen molar-refractivity contribution in [3.63, 3.8) is 0 Å². The summed E-state index contributed by atoms with van der Waals surface area (Å²) in [7, 11) is 3.01. The van der Waals surface area contributed by atoms with Crippen molar-refractivity contribution in [3.8, 4) is 33.3 Å². The van der Waals surface area contributed by atoms with E-state index in [-0.39, 0.29) is 23.0 Å². The van der Waals surface area contributed by atoms with Crippen molar-refractivity contribution in [3.05, 3.63) is 86.9 Å². The van der Waals surface area contributed by atoms with Crippen molar-refractivity contribution < 1.29 is 18.7 Å². The van der Waals surface area contributed by atoms with E-state index in [1.807, 2.05) is 24.3 Å². The maximum Gasteiger partial charge on any atom is 0.258 e. The van der Waals surface area contributed by atoms with Crippen LogP contribution in [-0.2, 0) is 6.42 Å². The van der Waals surface area contributed by atoms with Gasteiger partial charge < -0.3 is 14.5 Å². The largest absolute Gasteiger partial charge is 0.497 e. The molecule has 5 rings (SSSR count). The molecule has 172 valence electrons. The zero-order chi connectivity index (χ0) is 23.8. The number of ether oxygens (including phenoxy) is 2. The number of aromatic amines is 1. The molecule has 2 aromatic carbocycles. The average molecular weight is 477 g/mol. The molecule has 6 nitrogen and oxygen atoms in total. The number of carbonyl (C=O) groups is 1. The van der Waals surface area contributed by atoms with E-state index >= 15 is 0 Å². The van der Waals surface area contributed by atoms with Gasteiger partial charge in [0.15, 0.2) is 17.3 Å². The Morgan fingerprint density at radius 3 is 2.50 bits per heavy atom. The molecule has 0 spiro atoms. The maximum atomic E-state index is 14.1. The standard InChI is InChI=1S/C26H21FN2O4S/c1-32-17-6-3-14(4-7-17)16-10-21-18(23(30)11-16)12-19(25(31)28-21)26-29-22(13-34-26)15-5-8-24(33-2)20(27)9-15/h3-9,12-13,16H,10-11H2,1-2H3,(H,28,31)/t16-/m0/s1. The number of halogens is 1. The molecule has 1 N–H and O–H groups in total. The first-order valence-corrected chi connectivity index (χ1v) is 11.6. The van der Waals surface area contributed by atoms with Crippen LogP contribution in [-0.4, -0.2) is 30.0 Å². The van der Waals surface area contributed by atoms with Crippen molar-refractivity contribution in [1.29, 1.82) is 0 Å². The Morgan fingerprint density at radius 2 is 1.79 bits per heavy atom. The van der Waals surface area contributed by atoms with Crippen LogP contribution in [0.2, 0.25) is 0 Å². The Balaban J connectivity index is 1.45. The second-order valence-electron chi connectivity index (χ2n) is 8.09. The molecule has 2 heterocycles. The van der Waals surface area contributed by atoms with Crippen LogP contribution < -0.4 is 15.0 Å². The molecule has 0 aliphatic heterocycles. The van der Waals surface area contributed by atoms with Gasteiger partial charge in [-0.15, -0.1) is 11.3 Å². The first-order valence-electron chi connectivity index (χ1n) is 10.7. The van der Waals surface area contributed by atoms with E-state index in [9.17, 15) is 14.0 Å². The number of Topliss-reactive ketones (excluding diaryl/α,β-unsaturated/α-hetero) is 1. The number of fused-ring (bicyclic) bond motifs is 1. The number of thiazole rings is 1. The summed E-state index contributed by atoms with van der Waals surface area (Å²) in [6.07, 6.45) is 0.927. The highest BCUT2D eigenvalue weighted by molar-refractivity contribution is 7.13. The molecule has 0 saturated carbocycles. The molecule has 1 aliphatic rings. The SMILES string of the molecule is COc1ccc([C@@H]2CC(=O)c3cc(-c4nc(-c5ccc(OC)c(F)c5)cs4)c(=O)[nH]c3C2)cc1. The molecule has 2 aromatic heterocycles. The van der Waals surface area contributed by atoms with Gasteiger partial charge in [-0.25, -0.2) is 9.37 Å². The van der Waals surface area contributed by atoms with Gasteiger partial charge >= 0.3 is 0 Å². The van der Waals surface area contributed by atoms with Crippen molar-refractivity contribution in [1.82, 2.24) is 9.97 Å². The number of H-pyrrole nitrogens is 1. The molecule has 1 atom stereocenters. The number of hydrogen-bond donors (Lipinski definition) is 1. The lowest BCUT2D eigenvalue weighted by molar-refractivity contribution is 0.0963. The second-order valence-corrected chi connectivity index (χ2v) is 8.95. The maximum absolute atomic E-state index is 14.1. The molecule has 0 unspecified atom stereocenters. The van der Waals surface area contributed by atoms with Crippen LogP contribution in [0.15, 0.2) is 58.7 Å². The van der Waals surface area contributed by atoms with E-state index < -0.39 is 5.82 Å². The van der Waals surface area contributed by atoms with Gasteiger partial charge in [0.2, 0.25) is 0 Å². The van der Waals surface area contributed by atoms with Gasteiger partial charge in [-0.3, -0.25) is 9.59 Å². The number of ketones is 1. The number of methoxy groups -OCH3 is 2. The molecule has 4 aromatic rings. The predicted octanol–water partition coefficient (Wildman–Crippen LogP) is 5.23. The molecule has 0 saturated heterocycles. The summed E-state index contributed by atoms with van der Waals surface area (Å²) >= 11 is 1.27. The third kappa shape index (κ3) is 4.01. The summed E-state index contributed by atoms with van der Waals surface area (Å²) in [4.78, 5) is 33.3. The third-order valence-electron chi connectivity index (χ3n) is 6.07. The Morgan fingerprint density at radius 1 is 1.00 bits per heavy atom. The van der Waals surface area contributed by atoms with E-state index in [2.05, 4.69) is 9.97 Å². The highest BCUT2D eigenvalue weighted by Gasteiger charge is 2.28. The fourth-order valence-corrected chi connectivity index (χ4v) is 5.10. The lowest BCUT2D eigenvalue weighted by Gasteiger charge is -2.24. The van der Waals surface area contributed by atoms with Gasteiger partial charge in [0.25, 0.3) is 5.56 Å². The smallest absolute Gasteiger partial charge is 0.258 e. The number of benzene rings is 2. The molecular formula is C26H21FN2O4S. The van der Waals surface area contributed by atoms with Gasteiger partial charge in [0.05, 0.1) is 25.5 Å². The number of rotatable bonds is 5. The van der Waals surface area contributed by atoms with E-state index in [0.29, 0.717) is 45.9 Å². The van der Waals surface area contributed by atoms with Crippen LogP contribution in [0.1, 0.15) is 34.0 Å². The van der Waals surface area contributed by atoms with Crippen LogP contribution >= 0.6 is 11.3 Å². The van der Waals surface area contributed by atoms with Crippen LogP contribution in [0.4, 0.5) is 4.39 Å². The summed E-state index contributed by atoms with van der Waals surface area (Å²) in [5.41, 5.74) is 3.34. The van der Waals surface area contributed by atoms with Gasteiger partial charge in [-0.1, -0.05) is 12.1 Å². The molecule has 34 heavy (non-hydrogen) atoms. The van der Waals surface area contributed by atoms with Gasteiger partial charge in [-0.2, -0.15) is 0 Å². The minimum absolute atomic E-state index is 0.0103. The van der Waals surface area contributed by atoms with Crippen molar-refractivity contribution in [2.45, 2.75) is 18.8 Å². The average Bonchev–Trinajstić information content (AvgIpc) is 3.33.